The predicted octanol–water partition coefficient (Wildman–Crippen LogP) is 13.3. The maximum absolute atomic E-state index is 6.78. The number of nitrogens with zero attached hydrogens (tertiary/aromatic N) is 4. The molecule has 3 aromatic heterocycles. The molecule has 3 heterocycles. The van der Waals surface area contributed by atoms with Gasteiger partial charge in [0.05, 0.1) is 16.7 Å². The smallest absolute Gasteiger partial charge is 0.164 e. The molecule has 56 heavy (non-hydrogen) atoms. The predicted molar refractivity (Wildman–Crippen MR) is 230 cm³/mol. The van der Waals surface area contributed by atoms with E-state index in [1.165, 1.54) is 26.9 Å². The van der Waals surface area contributed by atoms with Gasteiger partial charge in [-0.1, -0.05) is 140 Å². The monoisotopic (exact) mass is 714 g/mol. The Morgan fingerprint density at radius 2 is 0.964 bits per heavy atom. The molecular weight excluding hydrogens is 685 g/mol. The number of para-hydroxylation sites is 2. The molecule has 260 valence electrons. The lowest BCUT2D eigenvalue weighted by atomic mass is 9.97. The van der Waals surface area contributed by atoms with Crippen molar-refractivity contribution in [2.24, 2.45) is 0 Å². The molecular formula is C51H30N4O. The van der Waals surface area contributed by atoms with Crippen molar-refractivity contribution in [3.05, 3.63) is 182 Å². The van der Waals surface area contributed by atoms with Gasteiger partial charge in [-0.3, -0.25) is 0 Å². The summed E-state index contributed by atoms with van der Waals surface area (Å²) in [4.78, 5) is 15.8. The number of fused-ring (bicyclic) bond motifs is 10. The van der Waals surface area contributed by atoms with Gasteiger partial charge >= 0.3 is 0 Å². The second-order valence-corrected chi connectivity index (χ2v) is 14.4. The molecule has 12 rings (SSSR count). The highest BCUT2D eigenvalue weighted by Gasteiger charge is 2.22. The highest BCUT2D eigenvalue weighted by molar-refractivity contribution is 6.16. The van der Waals surface area contributed by atoms with E-state index < -0.39 is 0 Å². The zero-order valence-electron chi connectivity index (χ0n) is 30.0. The molecule has 0 radical (unpaired) electrons. The van der Waals surface area contributed by atoms with Crippen LogP contribution in [0.1, 0.15) is 0 Å². The third kappa shape index (κ3) is 4.64. The van der Waals surface area contributed by atoms with E-state index >= 15 is 0 Å². The van der Waals surface area contributed by atoms with E-state index in [-0.39, 0.29) is 0 Å². The minimum Gasteiger partial charge on any atom is -0.454 e. The van der Waals surface area contributed by atoms with Crippen LogP contribution in [-0.2, 0) is 0 Å². The average Bonchev–Trinajstić information content (AvgIpc) is 3.80. The van der Waals surface area contributed by atoms with E-state index in [4.69, 9.17) is 19.4 Å². The van der Waals surface area contributed by atoms with Crippen LogP contribution in [0.4, 0.5) is 0 Å². The maximum Gasteiger partial charge on any atom is 0.164 e. The number of benzene rings is 9. The Hall–Kier alpha value is -7.63. The summed E-state index contributed by atoms with van der Waals surface area (Å²) in [6.45, 7) is 0. The molecule has 0 atom stereocenters. The first-order valence-electron chi connectivity index (χ1n) is 18.9. The van der Waals surface area contributed by atoms with E-state index in [1.807, 2.05) is 30.3 Å². The Morgan fingerprint density at radius 1 is 0.357 bits per heavy atom. The first kappa shape index (κ1) is 30.8. The molecule has 0 fully saturated rings. The summed E-state index contributed by atoms with van der Waals surface area (Å²) in [5, 5.41) is 11.4. The number of hydrogen-bond acceptors (Lipinski definition) is 4. The molecule has 0 saturated heterocycles. The van der Waals surface area contributed by atoms with Gasteiger partial charge < -0.3 is 8.98 Å². The van der Waals surface area contributed by atoms with E-state index in [2.05, 4.69) is 156 Å². The van der Waals surface area contributed by atoms with Crippen molar-refractivity contribution in [1.29, 1.82) is 0 Å². The van der Waals surface area contributed by atoms with Crippen molar-refractivity contribution < 1.29 is 4.42 Å². The fourth-order valence-electron chi connectivity index (χ4n) is 8.60. The summed E-state index contributed by atoms with van der Waals surface area (Å²) >= 11 is 0. The SMILES string of the molecule is c1ccc(-c2nc(-c3cc(-n4c5ccccc5c5cc6ccccc6cc54)c4oc5ccccc5c4c3)nc(-c3cc4ccccc4c4ccccc34)n2)cc1. The molecule has 0 amide bonds. The van der Waals surface area contributed by atoms with Crippen LogP contribution in [-0.4, -0.2) is 19.5 Å². The molecule has 12 aromatic rings. The Morgan fingerprint density at radius 3 is 1.79 bits per heavy atom. The summed E-state index contributed by atoms with van der Waals surface area (Å²) in [6, 6.07) is 63.8. The number of hydrogen-bond donors (Lipinski definition) is 0. The van der Waals surface area contributed by atoms with Crippen molar-refractivity contribution >= 4 is 76.1 Å². The molecule has 0 saturated carbocycles. The van der Waals surface area contributed by atoms with Crippen molar-refractivity contribution in [2.75, 3.05) is 0 Å². The normalized spacial score (nSPS) is 11.9. The fourth-order valence-corrected chi connectivity index (χ4v) is 8.60. The molecule has 0 bridgehead atoms. The lowest BCUT2D eigenvalue weighted by Gasteiger charge is -2.14. The van der Waals surface area contributed by atoms with E-state index in [0.717, 1.165) is 71.5 Å². The largest absolute Gasteiger partial charge is 0.454 e. The zero-order valence-corrected chi connectivity index (χ0v) is 30.0. The quantitative estimate of drug-likeness (QED) is 0.170. The van der Waals surface area contributed by atoms with Gasteiger partial charge in [-0.15, -0.1) is 0 Å². The van der Waals surface area contributed by atoms with Crippen molar-refractivity contribution in [1.82, 2.24) is 19.5 Å². The summed E-state index contributed by atoms with van der Waals surface area (Å²) < 4.78 is 9.13. The fraction of sp³-hybridized carbons (Fsp3) is 0. The average molecular weight is 715 g/mol. The van der Waals surface area contributed by atoms with Gasteiger partial charge in [0.25, 0.3) is 0 Å². The Kier molecular flexibility index (Phi) is 6.56. The number of aromatic nitrogens is 4. The first-order valence-corrected chi connectivity index (χ1v) is 18.9. The van der Waals surface area contributed by atoms with Crippen LogP contribution in [0.25, 0.3) is 116 Å². The zero-order chi connectivity index (χ0) is 36.7. The van der Waals surface area contributed by atoms with Crippen molar-refractivity contribution in [2.45, 2.75) is 0 Å². The highest BCUT2D eigenvalue weighted by Crippen LogP contribution is 2.42. The van der Waals surface area contributed by atoms with Gasteiger partial charge in [0.15, 0.2) is 23.1 Å². The summed E-state index contributed by atoms with van der Waals surface area (Å²) in [7, 11) is 0. The van der Waals surface area contributed by atoms with Gasteiger partial charge in [-0.05, 0) is 74.8 Å². The van der Waals surface area contributed by atoms with Crippen LogP contribution in [0.2, 0.25) is 0 Å². The van der Waals surface area contributed by atoms with Gasteiger partial charge in [-0.25, -0.2) is 15.0 Å². The molecule has 0 aliphatic carbocycles. The van der Waals surface area contributed by atoms with Gasteiger partial charge in [0.1, 0.15) is 5.58 Å². The Labute approximate surface area is 320 Å². The third-order valence-electron chi connectivity index (χ3n) is 11.2. The summed E-state index contributed by atoms with van der Waals surface area (Å²) in [5.41, 5.74) is 7.52. The minimum absolute atomic E-state index is 0.589. The summed E-state index contributed by atoms with van der Waals surface area (Å²) in [5.74, 6) is 1.83. The molecule has 0 spiro atoms. The number of rotatable bonds is 4. The van der Waals surface area contributed by atoms with Crippen molar-refractivity contribution in [3.63, 3.8) is 0 Å². The van der Waals surface area contributed by atoms with E-state index in [1.54, 1.807) is 0 Å². The van der Waals surface area contributed by atoms with Crippen LogP contribution in [0.5, 0.6) is 0 Å². The van der Waals surface area contributed by atoms with Crippen LogP contribution in [0.15, 0.2) is 186 Å². The number of furan rings is 1. The van der Waals surface area contributed by atoms with Gasteiger partial charge in [-0.2, -0.15) is 0 Å². The lowest BCUT2D eigenvalue weighted by molar-refractivity contribution is 0.666. The van der Waals surface area contributed by atoms with Gasteiger partial charge in [0.2, 0.25) is 0 Å². The highest BCUT2D eigenvalue weighted by atomic mass is 16.3. The minimum atomic E-state index is 0.589. The van der Waals surface area contributed by atoms with Crippen LogP contribution in [0, 0.1) is 0 Å². The molecule has 5 nitrogen and oxygen atoms in total. The topological polar surface area (TPSA) is 56.7 Å². The van der Waals surface area contributed by atoms with Crippen LogP contribution >= 0.6 is 0 Å². The van der Waals surface area contributed by atoms with Crippen LogP contribution < -0.4 is 0 Å². The molecule has 0 unspecified atom stereocenters. The maximum atomic E-state index is 6.78. The third-order valence-corrected chi connectivity index (χ3v) is 11.2. The van der Waals surface area contributed by atoms with Gasteiger partial charge in [0, 0.05) is 38.2 Å². The molecule has 0 aliphatic rings. The Balaban J connectivity index is 1.19. The first-order chi connectivity index (χ1) is 27.7. The molecule has 9 aromatic carbocycles. The molecule has 0 aliphatic heterocycles. The van der Waals surface area contributed by atoms with Crippen LogP contribution in [0.3, 0.4) is 0 Å². The van der Waals surface area contributed by atoms with E-state index in [0.29, 0.717) is 17.5 Å². The van der Waals surface area contributed by atoms with E-state index in [9.17, 15) is 0 Å². The Bertz CT molecular complexity index is 3540. The summed E-state index contributed by atoms with van der Waals surface area (Å²) in [6.07, 6.45) is 0. The van der Waals surface area contributed by atoms with Crippen molar-refractivity contribution in [3.8, 4) is 39.9 Å². The molecule has 0 N–H and O–H groups in total. The molecule has 5 heteroatoms. The standard InChI is InChI=1S/C51H30N4O/c1-2-14-31(15-3-1)49-52-50(54-51(53-49)43-27-34-18-6-7-19-36(34)37-20-8-9-21-38(37)43)35-28-42-40-23-11-13-25-47(40)56-48(42)46(30-35)55-44-24-12-10-22-39(44)41-26-32-16-4-5-17-33(32)29-45(41)55/h1-30H. The lowest BCUT2D eigenvalue weighted by Crippen LogP contribution is -2.02. The second kappa shape index (κ2) is 11.9. The second-order valence-electron chi connectivity index (χ2n) is 14.4.